The number of pyridine rings is 1. The van der Waals surface area contributed by atoms with E-state index in [-0.39, 0.29) is 56.5 Å². The molecule has 5 heterocycles. The third-order valence-electron chi connectivity index (χ3n) is 10.2. The number of aryl methyl sites for hydroxylation is 2. The molecule has 63 heavy (non-hydrogen) atoms. The minimum Gasteiger partial charge on any atom is -0.490 e. The zero-order chi connectivity index (χ0) is 44.8. The maximum absolute atomic E-state index is 13.9. The third-order valence-corrected chi connectivity index (χ3v) is 11.2. The first-order valence-electron chi connectivity index (χ1n) is 20.1. The van der Waals surface area contributed by atoms with E-state index in [2.05, 4.69) is 36.0 Å². The molecule has 0 radical (unpaired) electrons. The molecule has 0 saturated carbocycles. The number of carbonyl (C=O) groups excluding carboxylic acids is 4. The lowest BCUT2D eigenvalue weighted by atomic mass is 9.85. The van der Waals surface area contributed by atoms with E-state index in [0.717, 1.165) is 21.7 Å². The molecule has 1 saturated heterocycles. The summed E-state index contributed by atoms with van der Waals surface area (Å²) in [4.78, 5) is 80.4. The molecule has 0 aliphatic carbocycles. The summed E-state index contributed by atoms with van der Waals surface area (Å²) in [5, 5.41) is 23.1. The van der Waals surface area contributed by atoms with Gasteiger partial charge in [-0.2, -0.15) is 5.10 Å². The number of fused-ring (bicyclic) bond motifs is 1. The van der Waals surface area contributed by atoms with Gasteiger partial charge in [-0.3, -0.25) is 24.0 Å². The number of oxazole rings is 1. The van der Waals surface area contributed by atoms with Gasteiger partial charge in [-0.1, -0.05) is 45.0 Å². The minimum atomic E-state index is -1.01. The Hall–Kier alpha value is -6.83. The van der Waals surface area contributed by atoms with Gasteiger partial charge in [-0.15, -0.1) is 11.3 Å². The molecule has 328 valence electrons. The number of rotatable bonds is 15. The molecule has 0 bridgehead atoms. The molecular formula is C44H47N9O9S. The van der Waals surface area contributed by atoms with Crippen molar-refractivity contribution in [1.82, 2.24) is 40.3 Å². The van der Waals surface area contributed by atoms with Crippen LogP contribution in [0.5, 0.6) is 5.75 Å². The zero-order valence-corrected chi connectivity index (χ0v) is 36.1. The first-order valence-corrected chi connectivity index (χ1v) is 21.0. The highest BCUT2D eigenvalue weighted by molar-refractivity contribution is 7.13. The minimum absolute atomic E-state index is 0.0304. The first-order chi connectivity index (χ1) is 30.1. The fourth-order valence-electron chi connectivity index (χ4n) is 6.89. The van der Waals surface area contributed by atoms with Crippen LogP contribution in [0.25, 0.3) is 33.1 Å². The number of aliphatic hydroxyl groups is 1. The fraction of sp³-hybridized carbons (Fsp3) is 0.341. The van der Waals surface area contributed by atoms with Gasteiger partial charge >= 0.3 is 0 Å². The number of nitrogens with one attached hydrogen (secondary N) is 3. The molecule has 19 heteroatoms. The van der Waals surface area contributed by atoms with Gasteiger partial charge in [0, 0.05) is 38.3 Å². The number of β-amino-alcohol motifs (C(OH)–C–C–N with tert-alkyl or cyclic N) is 1. The number of likely N-dealkylation sites (tertiary alicyclic amines) is 1. The van der Waals surface area contributed by atoms with Gasteiger partial charge in [-0.05, 0) is 59.9 Å². The van der Waals surface area contributed by atoms with Crippen molar-refractivity contribution in [3.8, 4) is 27.8 Å². The Kier molecular flexibility index (Phi) is 13.4. The van der Waals surface area contributed by atoms with Crippen LogP contribution in [0.15, 0.2) is 87.6 Å². The number of ether oxygens (including phenoxy) is 2. The van der Waals surface area contributed by atoms with Crippen molar-refractivity contribution in [2.24, 2.45) is 12.5 Å². The number of anilines is 1. The SMILES string of the molecule is Cc1ncsc1-c1ccc(CNC(=O)[C@H]2C[C@H](O)CN2C(=O)C(NC(=O)COCCOc2ccc(C(=O)Nc3ccc4oc(-c5ccc(=O)n(C)n5)nc4c3)nc2)C(C)(C)C)cc1. The van der Waals surface area contributed by atoms with Crippen LogP contribution in [-0.4, -0.2) is 103 Å². The quantitative estimate of drug-likeness (QED) is 0.108. The summed E-state index contributed by atoms with van der Waals surface area (Å²) in [5.74, 6) is -1.29. The molecule has 2 aromatic carbocycles. The Labute approximate surface area is 365 Å². The van der Waals surface area contributed by atoms with E-state index in [1.165, 1.54) is 41.0 Å². The van der Waals surface area contributed by atoms with Crippen LogP contribution in [0, 0.1) is 12.3 Å². The van der Waals surface area contributed by atoms with Crippen LogP contribution in [0.2, 0.25) is 0 Å². The van der Waals surface area contributed by atoms with Crippen LogP contribution in [0.1, 0.15) is 48.9 Å². The third kappa shape index (κ3) is 10.8. The van der Waals surface area contributed by atoms with Gasteiger partial charge in [0.1, 0.15) is 48.0 Å². The largest absolute Gasteiger partial charge is 0.490 e. The molecule has 7 rings (SSSR count). The van der Waals surface area contributed by atoms with Gasteiger partial charge in [0.05, 0.1) is 35.0 Å². The molecule has 1 aliphatic rings. The highest BCUT2D eigenvalue weighted by atomic mass is 32.1. The van der Waals surface area contributed by atoms with Crippen molar-refractivity contribution < 1.29 is 38.2 Å². The normalized spacial score (nSPS) is 15.6. The summed E-state index contributed by atoms with van der Waals surface area (Å²) in [7, 11) is 1.53. The number of hydrogen-bond acceptors (Lipinski definition) is 14. The Bertz CT molecular complexity index is 2670. The maximum Gasteiger partial charge on any atom is 0.274 e. The van der Waals surface area contributed by atoms with Crippen LogP contribution in [0.4, 0.5) is 5.69 Å². The molecule has 4 aromatic heterocycles. The average molecular weight is 878 g/mol. The predicted octanol–water partition coefficient (Wildman–Crippen LogP) is 3.87. The first kappa shape index (κ1) is 44.2. The summed E-state index contributed by atoms with van der Waals surface area (Å²) < 4.78 is 18.2. The van der Waals surface area contributed by atoms with E-state index >= 15 is 0 Å². The smallest absolute Gasteiger partial charge is 0.274 e. The van der Waals surface area contributed by atoms with Crippen LogP contribution in [-0.2, 0) is 32.7 Å². The van der Waals surface area contributed by atoms with Gasteiger partial charge in [0.25, 0.3) is 11.5 Å². The number of carbonyl (C=O) groups is 4. The lowest BCUT2D eigenvalue weighted by Crippen LogP contribution is -2.58. The van der Waals surface area contributed by atoms with E-state index in [4.69, 9.17) is 13.9 Å². The maximum atomic E-state index is 13.9. The summed E-state index contributed by atoms with van der Waals surface area (Å²) >= 11 is 1.56. The van der Waals surface area contributed by atoms with E-state index in [1.54, 1.807) is 61.9 Å². The number of benzene rings is 2. The molecule has 3 atom stereocenters. The monoisotopic (exact) mass is 877 g/mol. The van der Waals surface area contributed by atoms with Crippen molar-refractivity contribution in [1.29, 1.82) is 0 Å². The topological polar surface area (TPSA) is 233 Å². The Morgan fingerprint density at radius 3 is 2.51 bits per heavy atom. The molecule has 4 N–H and O–H groups in total. The molecular weight excluding hydrogens is 831 g/mol. The molecule has 6 aromatic rings. The van der Waals surface area contributed by atoms with Gasteiger partial charge in [0.15, 0.2) is 5.58 Å². The van der Waals surface area contributed by atoms with Gasteiger partial charge in [-0.25, -0.2) is 19.6 Å². The van der Waals surface area contributed by atoms with E-state index in [1.807, 2.05) is 31.2 Å². The number of aliphatic hydroxyl groups excluding tert-OH is 1. The van der Waals surface area contributed by atoms with Crippen molar-refractivity contribution >= 4 is 51.8 Å². The summed E-state index contributed by atoms with van der Waals surface area (Å²) in [6, 6.07) is 16.8. The zero-order valence-electron chi connectivity index (χ0n) is 35.3. The van der Waals surface area contributed by atoms with Crippen molar-refractivity contribution in [2.45, 2.75) is 58.8 Å². The fourth-order valence-corrected chi connectivity index (χ4v) is 7.70. The second kappa shape index (κ2) is 19.1. The summed E-state index contributed by atoms with van der Waals surface area (Å²) in [6.07, 6.45) is 0.564. The Morgan fingerprint density at radius 2 is 1.81 bits per heavy atom. The predicted molar refractivity (Wildman–Crippen MR) is 233 cm³/mol. The highest BCUT2D eigenvalue weighted by Gasteiger charge is 2.44. The number of amides is 4. The number of hydrogen-bond donors (Lipinski definition) is 4. The lowest BCUT2D eigenvalue weighted by molar-refractivity contribution is -0.144. The van der Waals surface area contributed by atoms with Crippen LogP contribution in [0.3, 0.4) is 0 Å². The second-order valence-electron chi connectivity index (χ2n) is 16.1. The molecule has 0 spiro atoms. The number of thiazole rings is 1. The van der Waals surface area contributed by atoms with E-state index < -0.39 is 47.2 Å². The van der Waals surface area contributed by atoms with Crippen LogP contribution >= 0.6 is 11.3 Å². The van der Waals surface area contributed by atoms with E-state index in [0.29, 0.717) is 28.2 Å². The molecule has 1 fully saturated rings. The second-order valence-corrected chi connectivity index (χ2v) is 16.9. The Balaban J connectivity index is 0.849. The average Bonchev–Trinajstić information content (AvgIpc) is 4.00. The van der Waals surface area contributed by atoms with Crippen molar-refractivity contribution in [3.63, 3.8) is 0 Å². The lowest BCUT2D eigenvalue weighted by Gasteiger charge is -2.35. The summed E-state index contributed by atoms with van der Waals surface area (Å²) in [6.45, 7) is 7.29. The Morgan fingerprint density at radius 1 is 1.02 bits per heavy atom. The number of aromatic nitrogens is 5. The highest BCUT2D eigenvalue weighted by Crippen LogP contribution is 2.29. The van der Waals surface area contributed by atoms with Crippen molar-refractivity contribution in [3.05, 3.63) is 106 Å². The van der Waals surface area contributed by atoms with E-state index in [9.17, 15) is 29.1 Å². The molecule has 1 aliphatic heterocycles. The van der Waals surface area contributed by atoms with Crippen molar-refractivity contribution in [2.75, 3.05) is 31.7 Å². The molecule has 4 amide bonds. The standard InChI is InChI=1S/C44H47N9O9S/c1-25-38(63-24-47-25)27-8-6-26(7-9-27)20-46-41(58)34-19-29(54)22-53(34)43(59)39(44(2,3)4)50-36(55)23-60-16-17-61-30-11-12-31(45-21-30)40(57)48-28-10-14-35-33(18-28)49-42(62-35)32-13-15-37(56)52(5)51-32/h6-15,18,21,24,29,34,39,54H,16-17,19-20,22-23H2,1-5H3,(H,46,58)(H,48,57)(H,50,55)/t29-,34+,39?/m0/s1. The number of nitrogens with zero attached hydrogens (tertiary/aromatic N) is 6. The molecule has 1 unspecified atom stereocenters. The van der Waals surface area contributed by atoms with Crippen LogP contribution < -0.4 is 26.2 Å². The van der Waals surface area contributed by atoms with Gasteiger partial charge in [0.2, 0.25) is 23.6 Å². The summed E-state index contributed by atoms with van der Waals surface area (Å²) in [5.41, 5.74) is 5.59. The molecule has 18 nitrogen and oxygen atoms in total. The van der Waals surface area contributed by atoms with Gasteiger partial charge < -0.3 is 39.8 Å².